The number of amides is 1. The van der Waals surface area contributed by atoms with E-state index in [9.17, 15) is 26.7 Å². The van der Waals surface area contributed by atoms with Gasteiger partial charge in [-0.05, 0) is 6.92 Å². The number of carbonyl (C=O) groups is 1. The van der Waals surface area contributed by atoms with E-state index < -0.39 is 46.6 Å². The third kappa shape index (κ3) is 2.57. The molecule has 0 heterocycles. The highest BCUT2D eigenvalue weighted by Gasteiger charge is 2.32. The van der Waals surface area contributed by atoms with Gasteiger partial charge in [0.15, 0.2) is 23.3 Å². The molecule has 0 aliphatic rings. The van der Waals surface area contributed by atoms with Crippen molar-refractivity contribution in [3.8, 4) is 6.07 Å². The van der Waals surface area contributed by atoms with Crippen molar-refractivity contribution >= 4 is 5.91 Å². The molecule has 8 heteroatoms. The molecule has 20 heavy (non-hydrogen) atoms. The van der Waals surface area contributed by atoms with Crippen LogP contribution in [-0.4, -0.2) is 23.9 Å². The first-order valence-corrected chi connectivity index (χ1v) is 5.39. The van der Waals surface area contributed by atoms with Gasteiger partial charge in [0.1, 0.15) is 5.56 Å². The molecule has 1 rings (SSSR count). The first-order chi connectivity index (χ1) is 9.23. The highest BCUT2D eigenvalue weighted by Crippen LogP contribution is 2.24. The highest BCUT2D eigenvalue weighted by molar-refractivity contribution is 5.94. The Balaban J connectivity index is 3.34. The van der Waals surface area contributed by atoms with E-state index in [1.54, 1.807) is 6.07 Å². The highest BCUT2D eigenvalue weighted by atomic mass is 19.2. The van der Waals surface area contributed by atoms with Gasteiger partial charge in [0.25, 0.3) is 5.91 Å². The summed E-state index contributed by atoms with van der Waals surface area (Å²) in [7, 11) is 1.10. The first kappa shape index (κ1) is 15.9. The van der Waals surface area contributed by atoms with Crippen LogP contribution in [0, 0.1) is 40.4 Å². The van der Waals surface area contributed by atoms with Crippen molar-refractivity contribution in [1.82, 2.24) is 4.90 Å². The van der Waals surface area contributed by atoms with Gasteiger partial charge in [0.05, 0.1) is 12.5 Å². The number of hydrogen-bond donors (Lipinski definition) is 0. The topological polar surface area (TPSA) is 44.1 Å². The third-order valence-corrected chi connectivity index (χ3v) is 2.79. The summed E-state index contributed by atoms with van der Waals surface area (Å²) in [6.45, 7) is 1.40. The summed E-state index contributed by atoms with van der Waals surface area (Å²) in [5, 5.41) is 8.47. The molecule has 1 aromatic rings. The maximum atomic E-state index is 13.4. The van der Waals surface area contributed by atoms with Crippen molar-refractivity contribution in [2.75, 3.05) is 7.05 Å². The smallest absolute Gasteiger partial charge is 0.260 e. The molecule has 0 aliphatic heterocycles. The van der Waals surface area contributed by atoms with Gasteiger partial charge in [-0.25, -0.2) is 22.0 Å². The Kier molecular flexibility index (Phi) is 4.65. The largest absolute Gasteiger partial charge is 0.338 e. The van der Waals surface area contributed by atoms with E-state index in [1.165, 1.54) is 6.92 Å². The molecule has 1 aromatic carbocycles. The zero-order valence-electron chi connectivity index (χ0n) is 10.5. The lowest BCUT2D eigenvalue weighted by atomic mass is 10.1. The van der Waals surface area contributed by atoms with Gasteiger partial charge in [-0.3, -0.25) is 4.79 Å². The van der Waals surface area contributed by atoms with Gasteiger partial charge in [-0.1, -0.05) is 0 Å². The second kappa shape index (κ2) is 5.86. The summed E-state index contributed by atoms with van der Waals surface area (Å²) in [5.74, 6) is -12.5. The number of benzene rings is 1. The molecule has 108 valence electrons. The minimum absolute atomic E-state index is 0.155. The molecular weight excluding hydrogens is 283 g/mol. The fourth-order valence-corrected chi connectivity index (χ4v) is 1.44. The Morgan fingerprint density at radius 3 is 1.90 bits per heavy atom. The van der Waals surface area contributed by atoms with Crippen molar-refractivity contribution in [2.45, 2.75) is 19.4 Å². The van der Waals surface area contributed by atoms with E-state index in [0.717, 1.165) is 11.9 Å². The molecule has 0 spiro atoms. The maximum Gasteiger partial charge on any atom is 0.260 e. The molecule has 0 saturated heterocycles. The second-order valence-electron chi connectivity index (χ2n) is 4.07. The lowest BCUT2D eigenvalue weighted by Crippen LogP contribution is -2.36. The number of halogens is 5. The summed E-state index contributed by atoms with van der Waals surface area (Å²) in [6.07, 6.45) is -0.155. The SMILES string of the molecule is CC(CC#N)N(C)C(=O)c1c(F)c(F)c(F)c(F)c1F. The van der Waals surface area contributed by atoms with Gasteiger partial charge < -0.3 is 4.90 Å². The van der Waals surface area contributed by atoms with Crippen LogP contribution in [0.2, 0.25) is 0 Å². The molecule has 0 N–H and O–H groups in total. The zero-order valence-corrected chi connectivity index (χ0v) is 10.5. The van der Waals surface area contributed by atoms with Crippen molar-refractivity contribution in [2.24, 2.45) is 0 Å². The van der Waals surface area contributed by atoms with E-state index in [4.69, 9.17) is 5.26 Å². The number of hydrogen-bond acceptors (Lipinski definition) is 2. The summed E-state index contributed by atoms with van der Waals surface area (Å²) in [5.41, 5.74) is -1.53. The minimum Gasteiger partial charge on any atom is -0.338 e. The van der Waals surface area contributed by atoms with Crippen molar-refractivity contribution in [3.63, 3.8) is 0 Å². The molecule has 1 unspecified atom stereocenters. The maximum absolute atomic E-state index is 13.4. The molecule has 0 radical (unpaired) electrons. The molecule has 0 aromatic heterocycles. The first-order valence-electron chi connectivity index (χ1n) is 5.39. The predicted molar refractivity (Wildman–Crippen MR) is 58.0 cm³/mol. The Hall–Kier alpha value is -2.17. The quantitative estimate of drug-likeness (QED) is 0.488. The zero-order chi connectivity index (χ0) is 15.6. The van der Waals surface area contributed by atoms with Gasteiger partial charge in [0.2, 0.25) is 5.82 Å². The lowest BCUT2D eigenvalue weighted by Gasteiger charge is -2.23. The van der Waals surface area contributed by atoms with Crippen molar-refractivity contribution in [1.29, 1.82) is 5.26 Å². The van der Waals surface area contributed by atoms with Gasteiger partial charge in [-0.2, -0.15) is 5.26 Å². The van der Waals surface area contributed by atoms with Crippen LogP contribution in [0.4, 0.5) is 22.0 Å². The molecule has 0 aliphatic carbocycles. The normalized spacial score (nSPS) is 11.9. The van der Waals surface area contributed by atoms with Crippen molar-refractivity contribution < 1.29 is 26.7 Å². The van der Waals surface area contributed by atoms with Crippen LogP contribution in [0.1, 0.15) is 23.7 Å². The van der Waals surface area contributed by atoms with E-state index in [1.807, 2.05) is 0 Å². The molecule has 0 fully saturated rings. The number of nitriles is 1. The Bertz CT molecular complexity index is 567. The van der Waals surface area contributed by atoms with E-state index >= 15 is 0 Å². The van der Waals surface area contributed by atoms with Crippen LogP contribution in [0.15, 0.2) is 0 Å². The number of rotatable bonds is 3. The molecular formula is C12H9F5N2O. The van der Waals surface area contributed by atoms with Crippen LogP contribution >= 0.6 is 0 Å². The van der Waals surface area contributed by atoms with Gasteiger partial charge >= 0.3 is 0 Å². The van der Waals surface area contributed by atoms with Crippen LogP contribution in [0.5, 0.6) is 0 Å². The summed E-state index contributed by atoms with van der Waals surface area (Å²) >= 11 is 0. The molecule has 1 amide bonds. The fraction of sp³-hybridized carbons (Fsp3) is 0.333. The fourth-order valence-electron chi connectivity index (χ4n) is 1.44. The predicted octanol–water partition coefficient (Wildman–Crippen LogP) is 2.76. The summed E-state index contributed by atoms with van der Waals surface area (Å²) < 4.78 is 65.7. The molecule has 0 saturated carbocycles. The van der Waals surface area contributed by atoms with E-state index in [2.05, 4.69) is 0 Å². The molecule has 0 bridgehead atoms. The van der Waals surface area contributed by atoms with Crippen LogP contribution in [0.25, 0.3) is 0 Å². The Morgan fingerprint density at radius 1 is 1.10 bits per heavy atom. The third-order valence-electron chi connectivity index (χ3n) is 2.79. The summed E-state index contributed by atoms with van der Waals surface area (Å²) in [4.78, 5) is 12.5. The van der Waals surface area contributed by atoms with Crippen LogP contribution in [-0.2, 0) is 0 Å². The molecule has 1 atom stereocenters. The average molecular weight is 292 g/mol. The lowest BCUT2D eigenvalue weighted by molar-refractivity contribution is 0.0733. The average Bonchev–Trinajstić information content (AvgIpc) is 2.42. The van der Waals surface area contributed by atoms with Crippen LogP contribution < -0.4 is 0 Å². The van der Waals surface area contributed by atoms with E-state index in [0.29, 0.717) is 0 Å². The minimum atomic E-state index is -2.33. The monoisotopic (exact) mass is 292 g/mol. The molecule has 3 nitrogen and oxygen atoms in total. The Labute approximate surface area is 111 Å². The van der Waals surface area contributed by atoms with Crippen LogP contribution in [0.3, 0.4) is 0 Å². The Morgan fingerprint density at radius 2 is 1.50 bits per heavy atom. The number of carbonyl (C=O) groups excluding carboxylic acids is 1. The standard InChI is InChI=1S/C12H9F5N2O/c1-5(3-4-18)19(2)12(20)6-7(13)9(15)11(17)10(16)8(6)14/h5H,3H2,1-2H3. The second-order valence-corrected chi connectivity index (χ2v) is 4.07. The van der Waals surface area contributed by atoms with Gasteiger partial charge in [-0.15, -0.1) is 0 Å². The van der Waals surface area contributed by atoms with Gasteiger partial charge in [0, 0.05) is 13.1 Å². The van der Waals surface area contributed by atoms with E-state index in [-0.39, 0.29) is 6.42 Å². The number of nitrogens with zero attached hydrogens (tertiary/aromatic N) is 2. The summed E-state index contributed by atoms with van der Waals surface area (Å²) in [6, 6.07) is 0.979. The van der Waals surface area contributed by atoms with Crippen molar-refractivity contribution in [3.05, 3.63) is 34.6 Å².